The van der Waals surface area contributed by atoms with Gasteiger partial charge in [0.1, 0.15) is 29.0 Å². The van der Waals surface area contributed by atoms with E-state index in [1.54, 1.807) is 24.3 Å². The van der Waals surface area contributed by atoms with Crippen LogP contribution in [0.3, 0.4) is 0 Å². The minimum atomic E-state index is -4.11. The molecule has 2 N–H and O–H groups in total. The molecule has 0 spiro atoms. The first-order valence-electron chi connectivity index (χ1n) is 7.87. The van der Waals surface area contributed by atoms with Gasteiger partial charge in [0, 0.05) is 16.7 Å². The fraction of sp³-hybridized carbons (Fsp3) is 0.0526. The van der Waals surface area contributed by atoms with E-state index in [-0.39, 0.29) is 27.3 Å². The predicted octanol–water partition coefficient (Wildman–Crippen LogP) is 3.44. The average Bonchev–Trinajstić information content (AvgIpc) is 2.94. The molecule has 0 unspecified atom stereocenters. The van der Waals surface area contributed by atoms with Gasteiger partial charge in [-0.05, 0) is 12.1 Å². The molecule has 0 radical (unpaired) electrons. The Bertz CT molecular complexity index is 1230. The first kappa shape index (κ1) is 19.6. The number of nitriles is 1. The SMILES string of the molecule is CS(=O)(=O)n1c(N)c(C#N)c(-c2c(F)cccc2Cl)c1C(=O)c1ccccc1. The van der Waals surface area contributed by atoms with E-state index in [4.69, 9.17) is 17.3 Å². The molecule has 0 saturated carbocycles. The summed E-state index contributed by atoms with van der Waals surface area (Å²) in [7, 11) is -4.11. The van der Waals surface area contributed by atoms with Crippen molar-refractivity contribution < 1.29 is 17.6 Å². The normalized spacial score (nSPS) is 11.2. The molecule has 3 rings (SSSR count). The molecule has 0 amide bonds. The summed E-state index contributed by atoms with van der Waals surface area (Å²) in [6, 6.07) is 13.4. The van der Waals surface area contributed by atoms with E-state index in [1.165, 1.54) is 24.3 Å². The summed E-state index contributed by atoms with van der Waals surface area (Å²) in [5.74, 6) is -2.05. The summed E-state index contributed by atoms with van der Waals surface area (Å²) < 4.78 is 40.0. The quantitative estimate of drug-likeness (QED) is 0.654. The van der Waals surface area contributed by atoms with Gasteiger partial charge in [-0.25, -0.2) is 16.8 Å². The van der Waals surface area contributed by atoms with Crippen LogP contribution >= 0.6 is 11.6 Å². The zero-order valence-corrected chi connectivity index (χ0v) is 16.1. The van der Waals surface area contributed by atoms with E-state index in [0.29, 0.717) is 3.97 Å². The number of aromatic nitrogens is 1. The number of hydrogen-bond acceptors (Lipinski definition) is 5. The Morgan fingerprint density at radius 1 is 1.14 bits per heavy atom. The molecule has 0 aliphatic carbocycles. The molecule has 0 saturated heterocycles. The third kappa shape index (κ3) is 3.15. The van der Waals surface area contributed by atoms with Crippen molar-refractivity contribution in [2.75, 3.05) is 12.0 Å². The monoisotopic (exact) mass is 417 g/mol. The van der Waals surface area contributed by atoms with Gasteiger partial charge in [-0.15, -0.1) is 0 Å². The lowest BCUT2D eigenvalue weighted by atomic mass is 9.97. The Kier molecular flexibility index (Phi) is 4.98. The number of benzene rings is 2. The first-order valence-corrected chi connectivity index (χ1v) is 10.1. The van der Waals surface area contributed by atoms with Crippen LogP contribution in [0.25, 0.3) is 11.1 Å². The van der Waals surface area contributed by atoms with Crippen LogP contribution in [0.15, 0.2) is 48.5 Å². The van der Waals surface area contributed by atoms with E-state index in [0.717, 1.165) is 12.3 Å². The van der Waals surface area contributed by atoms with Crippen molar-refractivity contribution in [3.63, 3.8) is 0 Å². The molecule has 6 nitrogen and oxygen atoms in total. The largest absolute Gasteiger partial charge is 0.383 e. The average molecular weight is 418 g/mol. The minimum absolute atomic E-state index is 0.0933. The van der Waals surface area contributed by atoms with Gasteiger partial charge < -0.3 is 5.73 Å². The number of anilines is 1. The molecule has 0 aliphatic rings. The standard InChI is InChI=1S/C19H13ClFN3O3S/c1-28(26,27)24-17(18(25)11-6-3-2-4-7-11)15(12(10-22)19(24)23)16-13(20)8-5-9-14(16)21/h2-9H,23H2,1H3. The molecule has 9 heteroatoms. The van der Waals surface area contributed by atoms with E-state index >= 15 is 0 Å². The van der Waals surface area contributed by atoms with Crippen LogP contribution in [-0.4, -0.2) is 24.4 Å². The van der Waals surface area contributed by atoms with Crippen molar-refractivity contribution in [1.82, 2.24) is 3.97 Å². The van der Waals surface area contributed by atoms with Crippen molar-refractivity contribution in [3.8, 4) is 17.2 Å². The van der Waals surface area contributed by atoms with E-state index in [1.807, 2.05) is 0 Å². The van der Waals surface area contributed by atoms with Crippen LogP contribution in [-0.2, 0) is 10.0 Å². The molecule has 28 heavy (non-hydrogen) atoms. The fourth-order valence-corrected chi connectivity index (χ4v) is 4.15. The van der Waals surface area contributed by atoms with Crippen molar-refractivity contribution in [3.05, 3.63) is 76.2 Å². The second kappa shape index (κ2) is 7.11. The minimum Gasteiger partial charge on any atom is -0.383 e. The number of nitrogens with two attached hydrogens (primary N) is 1. The van der Waals surface area contributed by atoms with E-state index < -0.39 is 33.1 Å². The number of carbonyl (C=O) groups excluding carboxylic acids is 1. The van der Waals surface area contributed by atoms with Gasteiger partial charge in [-0.2, -0.15) is 5.26 Å². The van der Waals surface area contributed by atoms with Gasteiger partial charge in [0.15, 0.2) is 0 Å². The van der Waals surface area contributed by atoms with Crippen molar-refractivity contribution in [1.29, 1.82) is 5.26 Å². The number of halogens is 2. The Hall–Kier alpha value is -3.15. The zero-order valence-electron chi connectivity index (χ0n) is 14.5. The van der Waals surface area contributed by atoms with Gasteiger partial charge >= 0.3 is 0 Å². The predicted molar refractivity (Wildman–Crippen MR) is 104 cm³/mol. The second-order valence-electron chi connectivity index (χ2n) is 5.91. The lowest BCUT2D eigenvalue weighted by Gasteiger charge is -2.11. The molecule has 0 atom stereocenters. The Morgan fingerprint density at radius 2 is 1.79 bits per heavy atom. The number of hydrogen-bond donors (Lipinski definition) is 1. The molecule has 3 aromatic rings. The highest BCUT2D eigenvalue weighted by molar-refractivity contribution is 7.89. The molecule has 0 aliphatic heterocycles. The maximum Gasteiger partial charge on any atom is 0.237 e. The van der Waals surface area contributed by atoms with Crippen LogP contribution in [0, 0.1) is 17.1 Å². The number of nitrogens with zero attached hydrogens (tertiary/aromatic N) is 2. The van der Waals surface area contributed by atoms with Crippen molar-refractivity contribution in [2.45, 2.75) is 0 Å². The van der Waals surface area contributed by atoms with Crippen LogP contribution in [0.4, 0.5) is 10.2 Å². The molecule has 2 aromatic carbocycles. The lowest BCUT2D eigenvalue weighted by Crippen LogP contribution is -2.19. The van der Waals surface area contributed by atoms with Gasteiger partial charge in [0.25, 0.3) is 0 Å². The topological polar surface area (TPSA) is 106 Å². The van der Waals surface area contributed by atoms with Gasteiger partial charge in [0.2, 0.25) is 15.8 Å². The van der Waals surface area contributed by atoms with E-state index in [2.05, 4.69) is 0 Å². The smallest absolute Gasteiger partial charge is 0.237 e. The lowest BCUT2D eigenvalue weighted by molar-refractivity contribution is 0.103. The Balaban J connectivity index is 2.53. The molecular weight excluding hydrogens is 405 g/mol. The highest BCUT2D eigenvalue weighted by atomic mass is 35.5. The summed E-state index contributed by atoms with van der Waals surface area (Å²) in [5, 5.41) is 9.49. The van der Waals surface area contributed by atoms with Gasteiger partial charge in [-0.1, -0.05) is 48.0 Å². The molecule has 142 valence electrons. The Labute approximate surface area is 165 Å². The molecular formula is C19H13ClFN3O3S. The summed E-state index contributed by atoms with van der Waals surface area (Å²) in [4.78, 5) is 13.2. The highest BCUT2D eigenvalue weighted by Gasteiger charge is 2.33. The van der Waals surface area contributed by atoms with Crippen LogP contribution in [0.2, 0.25) is 5.02 Å². The molecule has 0 fully saturated rings. The maximum absolute atomic E-state index is 14.6. The van der Waals surface area contributed by atoms with Crippen molar-refractivity contribution >= 4 is 33.2 Å². The molecule has 0 bridgehead atoms. The summed E-state index contributed by atoms with van der Waals surface area (Å²) in [6.45, 7) is 0. The fourth-order valence-electron chi connectivity index (χ4n) is 2.94. The van der Waals surface area contributed by atoms with Crippen molar-refractivity contribution in [2.24, 2.45) is 0 Å². The number of ketones is 1. The number of nitrogen functional groups attached to an aromatic ring is 1. The Morgan fingerprint density at radius 3 is 2.32 bits per heavy atom. The zero-order chi connectivity index (χ0) is 20.6. The van der Waals surface area contributed by atoms with E-state index in [9.17, 15) is 22.9 Å². The van der Waals surface area contributed by atoms with Crippen LogP contribution in [0.1, 0.15) is 21.6 Å². The second-order valence-corrected chi connectivity index (χ2v) is 8.15. The highest BCUT2D eigenvalue weighted by Crippen LogP contribution is 2.40. The summed E-state index contributed by atoms with van der Waals surface area (Å²) >= 11 is 6.13. The van der Waals surface area contributed by atoms with Gasteiger partial charge in [0.05, 0.1) is 11.3 Å². The third-order valence-corrected chi connectivity index (χ3v) is 5.43. The number of carbonyl (C=O) groups is 1. The first-order chi connectivity index (χ1) is 13.2. The van der Waals surface area contributed by atoms with Gasteiger partial charge in [-0.3, -0.25) is 4.79 Å². The third-order valence-electron chi connectivity index (χ3n) is 4.07. The molecule has 1 aromatic heterocycles. The summed E-state index contributed by atoms with van der Waals surface area (Å²) in [6.07, 6.45) is 0.832. The molecule has 1 heterocycles. The van der Waals surface area contributed by atoms with Crippen LogP contribution in [0.5, 0.6) is 0 Å². The maximum atomic E-state index is 14.6. The summed E-state index contributed by atoms with van der Waals surface area (Å²) in [5.41, 5.74) is 4.71. The number of rotatable bonds is 4. The van der Waals surface area contributed by atoms with Crippen LogP contribution < -0.4 is 5.73 Å².